The Morgan fingerprint density at radius 3 is 2.62 bits per heavy atom. The molecule has 1 aromatic carbocycles. The summed E-state index contributed by atoms with van der Waals surface area (Å²) in [4.78, 5) is 26.7. The van der Waals surface area contributed by atoms with Crippen molar-refractivity contribution in [1.29, 1.82) is 0 Å². The molecular weight excluding hydrogens is 356 g/mol. The minimum atomic E-state index is -0.512. The number of benzene rings is 1. The lowest BCUT2D eigenvalue weighted by molar-refractivity contribution is -0.134. The van der Waals surface area contributed by atoms with Crippen molar-refractivity contribution in [3.63, 3.8) is 0 Å². The van der Waals surface area contributed by atoms with Gasteiger partial charge in [-0.15, -0.1) is 0 Å². The van der Waals surface area contributed by atoms with Crippen molar-refractivity contribution >= 4 is 45.0 Å². The van der Waals surface area contributed by atoms with Crippen LogP contribution in [0.15, 0.2) is 22.7 Å². The molecule has 1 saturated heterocycles. The van der Waals surface area contributed by atoms with Gasteiger partial charge in [-0.05, 0) is 46.5 Å². The minimum Gasteiger partial charge on any atom is -0.342 e. The molecule has 1 aliphatic rings. The van der Waals surface area contributed by atoms with Crippen LogP contribution in [-0.4, -0.2) is 23.9 Å². The minimum absolute atomic E-state index is 0.0275. The third-order valence-electron chi connectivity index (χ3n) is 3.64. The smallest absolute Gasteiger partial charge is 0.250 e. The van der Waals surface area contributed by atoms with Gasteiger partial charge in [0.25, 0.3) is 5.91 Å². The van der Waals surface area contributed by atoms with Crippen molar-refractivity contribution in [2.75, 3.05) is 4.90 Å². The van der Waals surface area contributed by atoms with E-state index < -0.39 is 12.1 Å². The molecule has 4 nitrogen and oxygen atoms in total. The van der Waals surface area contributed by atoms with Gasteiger partial charge in [0.05, 0.1) is 5.69 Å². The van der Waals surface area contributed by atoms with Crippen LogP contribution < -0.4 is 10.2 Å². The van der Waals surface area contributed by atoms with Crippen LogP contribution in [0.3, 0.4) is 0 Å². The van der Waals surface area contributed by atoms with Crippen molar-refractivity contribution in [2.45, 2.75) is 39.3 Å². The summed E-state index contributed by atoms with van der Waals surface area (Å²) < 4.78 is 0.746. The molecule has 1 aliphatic heterocycles. The average molecular weight is 374 g/mol. The Morgan fingerprint density at radius 2 is 2.05 bits per heavy atom. The first-order valence-corrected chi connectivity index (χ1v) is 8.12. The predicted octanol–water partition coefficient (Wildman–Crippen LogP) is 3.37. The second-order valence-electron chi connectivity index (χ2n) is 5.46. The van der Waals surface area contributed by atoms with E-state index >= 15 is 0 Å². The first kappa shape index (κ1) is 16.3. The lowest BCUT2D eigenvalue weighted by Gasteiger charge is -2.40. The number of nitrogens with one attached hydrogen (secondary N) is 1. The number of nitrogens with zero attached hydrogens (tertiary/aromatic N) is 1. The summed E-state index contributed by atoms with van der Waals surface area (Å²) in [6.07, 6.45) is 0.543. The summed E-state index contributed by atoms with van der Waals surface area (Å²) in [5.74, 6) is -0.193. The van der Waals surface area contributed by atoms with E-state index in [0.717, 1.165) is 4.47 Å². The van der Waals surface area contributed by atoms with Crippen molar-refractivity contribution < 1.29 is 9.59 Å². The summed E-state index contributed by atoms with van der Waals surface area (Å²) in [5.41, 5.74) is 0.639. The molecule has 1 fully saturated rings. The number of halogens is 2. The molecule has 1 heterocycles. The summed E-state index contributed by atoms with van der Waals surface area (Å²) in [7, 11) is 0. The first-order valence-electron chi connectivity index (χ1n) is 6.95. The summed E-state index contributed by atoms with van der Waals surface area (Å²) in [6.45, 7) is 5.72. The number of hydrogen-bond acceptors (Lipinski definition) is 2. The Labute approximate surface area is 138 Å². The van der Waals surface area contributed by atoms with Gasteiger partial charge in [0.2, 0.25) is 5.91 Å². The van der Waals surface area contributed by atoms with Gasteiger partial charge >= 0.3 is 0 Å². The van der Waals surface area contributed by atoms with Gasteiger partial charge < -0.3 is 5.32 Å². The zero-order chi connectivity index (χ0) is 15.7. The van der Waals surface area contributed by atoms with E-state index in [1.165, 1.54) is 0 Å². The molecule has 0 saturated carbocycles. The van der Waals surface area contributed by atoms with Crippen LogP contribution in [0.2, 0.25) is 5.02 Å². The molecule has 114 valence electrons. The zero-order valence-electron chi connectivity index (χ0n) is 12.2. The van der Waals surface area contributed by atoms with Gasteiger partial charge in [0.1, 0.15) is 12.1 Å². The van der Waals surface area contributed by atoms with Gasteiger partial charge in [-0.3, -0.25) is 14.5 Å². The molecule has 0 spiro atoms. The molecule has 0 aliphatic carbocycles. The number of piperazine rings is 1. The van der Waals surface area contributed by atoms with E-state index in [1.54, 1.807) is 23.1 Å². The third-order valence-corrected chi connectivity index (χ3v) is 4.54. The summed E-state index contributed by atoms with van der Waals surface area (Å²) >= 11 is 9.49. The molecule has 1 N–H and O–H groups in total. The molecule has 6 heteroatoms. The standard InChI is InChI=1S/C15H18BrClN2O2/c1-4-11-14(20)18-13(8(2)3)15(21)19(11)12-7-9(17)5-6-10(12)16/h5-8,11,13H,4H2,1-3H3,(H,18,20). The fourth-order valence-corrected chi connectivity index (χ4v) is 3.11. The fraction of sp³-hybridized carbons (Fsp3) is 0.467. The molecule has 1 aromatic rings. The number of carbonyl (C=O) groups is 2. The molecular formula is C15H18BrClN2O2. The Hall–Kier alpha value is -1.07. The van der Waals surface area contributed by atoms with Crippen LogP contribution in [-0.2, 0) is 9.59 Å². The predicted molar refractivity (Wildman–Crippen MR) is 87.5 cm³/mol. The van der Waals surface area contributed by atoms with Crippen molar-refractivity contribution in [3.05, 3.63) is 27.7 Å². The maximum absolute atomic E-state index is 12.8. The van der Waals surface area contributed by atoms with E-state index in [1.807, 2.05) is 20.8 Å². The molecule has 2 amide bonds. The second kappa shape index (κ2) is 6.36. The van der Waals surface area contributed by atoms with Crippen LogP contribution in [0.4, 0.5) is 5.69 Å². The second-order valence-corrected chi connectivity index (χ2v) is 6.75. The van der Waals surface area contributed by atoms with Gasteiger partial charge in [-0.1, -0.05) is 32.4 Å². The molecule has 21 heavy (non-hydrogen) atoms. The van der Waals surface area contributed by atoms with Gasteiger partial charge in [0.15, 0.2) is 0 Å². The normalized spacial score (nSPS) is 22.7. The molecule has 0 radical (unpaired) electrons. The van der Waals surface area contributed by atoms with E-state index in [9.17, 15) is 9.59 Å². The highest BCUT2D eigenvalue weighted by Crippen LogP contribution is 2.33. The SMILES string of the molecule is CCC1C(=O)NC(C(C)C)C(=O)N1c1cc(Cl)ccc1Br. The number of amides is 2. The van der Waals surface area contributed by atoms with Crippen LogP contribution in [0.5, 0.6) is 0 Å². The first-order chi connectivity index (χ1) is 9.86. The Balaban J connectivity index is 2.51. The highest BCUT2D eigenvalue weighted by atomic mass is 79.9. The van der Waals surface area contributed by atoms with Crippen LogP contribution >= 0.6 is 27.5 Å². The highest BCUT2D eigenvalue weighted by Gasteiger charge is 2.42. The number of hydrogen-bond donors (Lipinski definition) is 1. The lowest BCUT2D eigenvalue weighted by Crippen LogP contribution is -2.65. The summed E-state index contributed by atoms with van der Waals surface area (Å²) in [6, 6.07) is 4.22. The summed E-state index contributed by atoms with van der Waals surface area (Å²) in [5, 5.41) is 3.35. The Morgan fingerprint density at radius 1 is 1.38 bits per heavy atom. The van der Waals surface area contributed by atoms with Crippen molar-refractivity contribution in [1.82, 2.24) is 5.32 Å². The monoisotopic (exact) mass is 372 g/mol. The van der Waals surface area contributed by atoms with E-state index in [4.69, 9.17) is 11.6 Å². The highest BCUT2D eigenvalue weighted by molar-refractivity contribution is 9.10. The van der Waals surface area contributed by atoms with Crippen molar-refractivity contribution in [2.24, 2.45) is 5.92 Å². The maximum Gasteiger partial charge on any atom is 0.250 e. The maximum atomic E-state index is 12.8. The molecule has 2 rings (SSSR count). The van der Waals surface area contributed by atoms with Crippen molar-refractivity contribution in [3.8, 4) is 0 Å². The van der Waals surface area contributed by atoms with E-state index in [2.05, 4.69) is 21.2 Å². The quantitative estimate of drug-likeness (QED) is 0.883. The van der Waals surface area contributed by atoms with Crippen LogP contribution in [0, 0.1) is 5.92 Å². The number of carbonyl (C=O) groups excluding carboxylic acids is 2. The van der Waals surface area contributed by atoms with Crippen LogP contribution in [0.1, 0.15) is 27.2 Å². The third kappa shape index (κ3) is 3.09. The Bertz CT molecular complexity index is 577. The van der Waals surface area contributed by atoms with Gasteiger partial charge in [-0.2, -0.15) is 0 Å². The van der Waals surface area contributed by atoms with Gasteiger partial charge in [0, 0.05) is 9.50 Å². The largest absolute Gasteiger partial charge is 0.342 e. The average Bonchev–Trinajstić information content (AvgIpc) is 2.43. The number of anilines is 1. The molecule has 2 unspecified atom stereocenters. The molecule has 2 atom stereocenters. The fourth-order valence-electron chi connectivity index (χ4n) is 2.51. The van der Waals surface area contributed by atoms with Crippen LogP contribution in [0.25, 0.3) is 0 Å². The Kier molecular flexibility index (Phi) is 4.94. The molecule has 0 bridgehead atoms. The topological polar surface area (TPSA) is 49.4 Å². The van der Waals surface area contributed by atoms with E-state index in [0.29, 0.717) is 17.1 Å². The molecule has 0 aromatic heterocycles. The van der Waals surface area contributed by atoms with E-state index in [-0.39, 0.29) is 17.7 Å². The zero-order valence-corrected chi connectivity index (χ0v) is 14.5. The van der Waals surface area contributed by atoms with Gasteiger partial charge in [-0.25, -0.2) is 0 Å². The lowest BCUT2D eigenvalue weighted by atomic mass is 9.96. The number of rotatable bonds is 3.